The van der Waals surface area contributed by atoms with Crippen LogP contribution >= 0.6 is 11.3 Å². The summed E-state index contributed by atoms with van der Waals surface area (Å²) in [6.07, 6.45) is -4.87. The van der Waals surface area contributed by atoms with Crippen molar-refractivity contribution in [1.29, 1.82) is 0 Å². The molecule has 1 amide bonds. The number of benzene rings is 2. The number of rotatable bonds is 5. The van der Waals surface area contributed by atoms with Crippen LogP contribution in [0.3, 0.4) is 0 Å². The standard InChI is InChI=1S/C19H16F3N3O5S2/c1-10(25-32(27,28)16-5-3-2-4-11(16)19(20,21)22)17(26)24-18-23-12-8-13-14(9-15(12)31-18)30-7-6-29-13/h2-5,8-10,25H,6-7H2,1H3,(H,23,24,26)/t10-/m0/s1. The minimum atomic E-state index is -4.87. The molecular weight excluding hydrogens is 471 g/mol. The van der Waals surface area contributed by atoms with Gasteiger partial charge in [0.15, 0.2) is 16.6 Å². The number of alkyl halides is 3. The van der Waals surface area contributed by atoms with Crippen molar-refractivity contribution in [3.63, 3.8) is 0 Å². The first-order chi connectivity index (χ1) is 15.0. The smallest absolute Gasteiger partial charge is 0.417 e. The Morgan fingerprint density at radius 1 is 1.16 bits per heavy atom. The van der Waals surface area contributed by atoms with Gasteiger partial charge in [-0.1, -0.05) is 23.5 Å². The summed E-state index contributed by atoms with van der Waals surface area (Å²) >= 11 is 1.13. The number of amides is 1. The van der Waals surface area contributed by atoms with Crippen LogP contribution in [0.5, 0.6) is 11.5 Å². The van der Waals surface area contributed by atoms with Crippen molar-refractivity contribution in [2.75, 3.05) is 18.5 Å². The predicted molar refractivity (Wildman–Crippen MR) is 110 cm³/mol. The number of nitrogens with one attached hydrogen (secondary N) is 2. The number of halogens is 3. The molecule has 4 rings (SSSR count). The van der Waals surface area contributed by atoms with E-state index in [1.165, 1.54) is 13.0 Å². The molecule has 0 spiro atoms. The molecule has 1 aliphatic heterocycles. The van der Waals surface area contributed by atoms with Gasteiger partial charge in [-0.05, 0) is 19.1 Å². The number of fused-ring (bicyclic) bond motifs is 2. The maximum absolute atomic E-state index is 13.2. The summed E-state index contributed by atoms with van der Waals surface area (Å²) in [7, 11) is -4.63. The summed E-state index contributed by atoms with van der Waals surface area (Å²) in [5.41, 5.74) is -0.776. The van der Waals surface area contributed by atoms with E-state index in [4.69, 9.17) is 9.47 Å². The van der Waals surface area contributed by atoms with Gasteiger partial charge in [0.25, 0.3) is 0 Å². The summed E-state index contributed by atoms with van der Waals surface area (Å²) < 4.78 is 78.3. The molecule has 13 heteroatoms. The van der Waals surface area contributed by atoms with Crippen LogP contribution in [0.15, 0.2) is 41.3 Å². The predicted octanol–water partition coefficient (Wildman–Crippen LogP) is 3.39. The second-order valence-electron chi connectivity index (χ2n) is 6.81. The van der Waals surface area contributed by atoms with Gasteiger partial charge in [-0.15, -0.1) is 0 Å². The number of sulfonamides is 1. The number of carbonyl (C=O) groups is 1. The van der Waals surface area contributed by atoms with Crippen molar-refractivity contribution in [3.8, 4) is 11.5 Å². The molecule has 1 aliphatic rings. The molecule has 8 nitrogen and oxygen atoms in total. The molecule has 3 aromatic rings. The van der Waals surface area contributed by atoms with Gasteiger partial charge in [0.1, 0.15) is 13.2 Å². The van der Waals surface area contributed by atoms with E-state index >= 15 is 0 Å². The average molecular weight is 487 g/mol. The third-order valence-corrected chi connectivity index (χ3v) is 7.02. The van der Waals surface area contributed by atoms with Crippen LogP contribution in [-0.2, 0) is 21.0 Å². The molecule has 0 saturated heterocycles. The lowest BCUT2D eigenvalue weighted by Gasteiger charge is -2.17. The summed E-state index contributed by atoms with van der Waals surface area (Å²) in [4.78, 5) is 15.8. The van der Waals surface area contributed by atoms with Gasteiger partial charge in [0.05, 0.1) is 26.7 Å². The van der Waals surface area contributed by atoms with Crippen LogP contribution in [0.1, 0.15) is 12.5 Å². The first-order valence-corrected chi connectivity index (χ1v) is 11.5. The first-order valence-electron chi connectivity index (χ1n) is 9.24. The van der Waals surface area contributed by atoms with Crippen molar-refractivity contribution in [1.82, 2.24) is 9.71 Å². The second kappa shape index (κ2) is 8.22. The van der Waals surface area contributed by atoms with Crippen LogP contribution in [-0.4, -0.2) is 38.6 Å². The number of anilines is 1. The Hall–Kier alpha value is -2.90. The normalized spacial score (nSPS) is 14.9. The van der Waals surface area contributed by atoms with E-state index in [0.717, 1.165) is 23.5 Å². The molecule has 0 unspecified atom stereocenters. The summed E-state index contributed by atoms with van der Waals surface area (Å²) in [6, 6.07) is 5.76. The molecule has 0 bridgehead atoms. The Balaban J connectivity index is 1.51. The number of nitrogens with zero attached hydrogens (tertiary/aromatic N) is 1. The van der Waals surface area contributed by atoms with Crippen molar-refractivity contribution in [2.45, 2.75) is 24.0 Å². The molecule has 2 heterocycles. The Morgan fingerprint density at radius 3 is 2.50 bits per heavy atom. The van der Waals surface area contributed by atoms with Gasteiger partial charge in [0.2, 0.25) is 15.9 Å². The lowest BCUT2D eigenvalue weighted by atomic mass is 10.2. The second-order valence-corrected chi connectivity index (χ2v) is 9.52. The van der Waals surface area contributed by atoms with Crippen LogP contribution < -0.4 is 19.5 Å². The number of hydrogen-bond donors (Lipinski definition) is 2. The van der Waals surface area contributed by atoms with Crippen molar-refractivity contribution in [2.24, 2.45) is 0 Å². The Morgan fingerprint density at radius 2 is 1.81 bits per heavy atom. The Kier molecular flexibility index (Phi) is 5.73. The third-order valence-electron chi connectivity index (χ3n) is 4.49. The summed E-state index contributed by atoms with van der Waals surface area (Å²) in [5.74, 6) is 0.292. The maximum Gasteiger partial charge on any atom is 0.417 e. The summed E-state index contributed by atoms with van der Waals surface area (Å²) in [6.45, 7) is 2.04. The quantitative estimate of drug-likeness (QED) is 0.572. The molecule has 0 fully saturated rings. The first kappa shape index (κ1) is 22.3. The summed E-state index contributed by atoms with van der Waals surface area (Å²) in [5, 5.41) is 2.67. The molecule has 0 saturated carbocycles. The molecule has 2 aromatic carbocycles. The fourth-order valence-corrected chi connectivity index (χ4v) is 5.33. The van der Waals surface area contributed by atoms with Crippen LogP contribution in [0.2, 0.25) is 0 Å². The Labute approximate surface area is 184 Å². The molecule has 1 atom stereocenters. The maximum atomic E-state index is 13.2. The number of hydrogen-bond acceptors (Lipinski definition) is 7. The minimum Gasteiger partial charge on any atom is -0.486 e. The van der Waals surface area contributed by atoms with Crippen molar-refractivity contribution >= 4 is 42.6 Å². The average Bonchev–Trinajstić information content (AvgIpc) is 3.11. The highest BCUT2D eigenvalue weighted by Gasteiger charge is 2.37. The highest BCUT2D eigenvalue weighted by atomic mass is 32.2. The largest absolute Gasteiger partial charge is 0.486 e. The number of carbonyl (C=O) groups excluding carboxylic acids is 1. The van der Waals surface area contributed by atoms with E-state index < -0.39 is 38.6 Å². The molecule has 32 heavy (non-hydrogen) atoms. The Bertz CT molecular complexity index is 1250. The van der Waals surface area contributed by atoms with Crippen LogP contribution in [0.25, 0.3) is 10.2 Å². The minimum absolute atomic E-state index is 0.189. The third kappa shape index (κ3) is 4.49. The fourth-order valence-electron chi connectivity index (χ4n) is 3.02. The molecule has 2 N–H and O–H groups in total. The van der Waals surface area contributed by atoms with E-state index in [0.29, 0.717) is 41.0 Å². The van der Waals surface area contributed by atoms with E-state index in [2.05, 4.69) is 10.3 Å². The molecular formula is C19H16F3N3O5S2. The van der Waals surface area contributed by atoms with E-state index in [1.807, 2.05) is 4.72 Å². The zero-order valence-corrected chi connectivity index (χ0v) is 18.0. The highest BCUT2D eigenvalue weighted by Crippen LogP contribution is 2.38. The van der Waals surface area contributed by atoms with Gasteiger partial charge in [-0.2, -0.15) is 17.9 Å². The highest BCUT2D eigenvalue weighted by molar-refractivity contribution is 7.89. The van der Waals surface area contributed by atoms with Gasteiger partial charge >= 0.3 is 6.18 Å². The number of ether oxygens (including phenoxy) is 2. The number of thiazole rings is 1. The molecule has 0 radical (unpaired) electrons. The molecule has 170 valence electrons. The fraction of sp³-hybridized carbons (Fsp3) is 0.263. The lowest BCUT2D eigenvalue weighted by molar-refractivity contribution is -0.139. The SMILES string of the molecule is C[C@H](NS(=O)(=O)c1ccccc1C(F)(F)F)C(=O)Nc1nc2cc3c(cc2s1)OCCO3. The molecule has 1 aromatic heterocycles. The van der Waals surface area contributed by atoms with Crippen LogP contribution in [0, 0.1) is 0 Å². The van der Waals surface area contributed by atoms with Gasteiger partial charge in [-0.3, -0.25) is 4.79 Å². The van der Waals surface area contributed by atoms with Gasteiger partial charge < -0.3 is 14.8 Å². The van der Waals surface area contributed by atoms with Gasteiger partial charge in [-0.25, -0.2) is 13.4 Å². The topological polar surface area (TPSA) is 107 Å². The van der Waals surface area contributed by atoms with Crippen LogP contribution in [0.4, 0.5) is 18.3 Å². The van der Waals surface area contributed by atoms with Crippen molar-refractivity contribution < 1.29 is 35.9 Å². The van der Waals surface area contributed by atoms with Crippen molar-refractivity contribution in [3.05, 3.63) is 42.0 Å². The lowest BCUT2D eigenvalue weighted by Crippen LogP contribution is -2.42. The monoisotopic (exact) mass is 487 g/mol. The van der Waals surface area contributed by atoms with E-state index in [1.54, 1.807) is 12.1 Å². The van der Waals surface area contributed by atoms with E-state index in [-0.39, 0.29) is 5.13 Å². The zero-order valence-electron chi connectivity index (χ0n) is 16.4. The number of aromatic nitrogens is 1. The van der Waals surface area contributed by atoms with Gasteiger partial charge in [0, 0.05) is 12.1 Å². The van der Waals surface area contributed by atoms with E-state index in [9.17, 15) is 26.4 Å². The molecule has 0 aliphatic carbocycles. The zero-order chi connectivity index (χ0) is 23.1.